The normalized spacial score (nSPS) is 12.0. The molecule has 0 aromatic rings. The van der Waals surface area contributed by atoms with Crippen molar-refractivity contribution in [3.05, 3.63) is 0 Å². The molecule has 29 heavy (non-hydrogen) atoms. The molecule has 0 saturated carbocycles. The Morgan fingerprint density at radius 1 is 0.690 bits per heavy atom. The van der Waals surface area contributed by atoms with Gasteiger partial charge in [0.05, 0.1) is 0 Å². The van der Waals surface area contributed by atoms with E-state index in [9.17, 15) is 9.59 Å². The zero-order valence-corrected chi connectivity index (χ0v) is 20.6. The molecule has 172 valence electrons. The van der Waals surface area contributed by atoms with Gasteiger partial charge in [-0.15, -0.1) is 0 Å². The molecule has 0 aromatic carbocycles. The lowest BCUT2D eigenvalue weighted by Gasteiger charge is -2.17. The van der Waals surface area contributed by atoms with E-state index in [0.717, 1.165) is 31.0 Å². The second-order valence-electron chi connectivity index (χ2n) is 8.02. The number of ether oxygens (including phenoxy) is 2. The quantitative estimate of drug-likeness (QED) is 0.0975. The number of hydrogen-bond donors (Lipinski definition) is 0. The molecule has 0 aromatic heterocycles. The van der Waals surface area contributed by atoms with Crippen molar-refractivity contribution in [3.63, 3.8) is 0 Å². The molecule has 0 spiro atoms. The highest BCUT2D eigenvalue weighted by atomic mass is 79.9. The summed E-state index contributed by atoms with van der Waals surface area (Å²) in [7, 11) is 0. The Balaban J connectivity index is 3.80. The maximum absolute atomic E-state index is 12.0. The van der Waals surface area contributed by atoms with E-state index in [2.05, 4.69) is 29.8 Å². The average Bonchev–Trinajstić information content (AvgIpc) is 2.71. The van der Waals surface area contributed by atoms with Crippen LogP contribution in [0.15, 0.2) is 0 Å². The maximum Gasteiger partial charge on any atom is 0.306 e. The number of carbonyl (C=O) groups is 2. The van der Waals surface area contributed by atoms with Crippen LogP contribution in [0, 0.1) is 0 Å². The van der Waals surface area contributed by atoms with Crippen LogP contribution >= 0.6 is 15.9 Å². The number of halogens is 1. The zero-order valence-electron chi connectivity index (χ0n) is 19.0. The van der Waals surface area contributed by atoms with Crippen LogP contribution in [0.4, 0.5) is 0 Å². The van der Waals surface area contributed by atoms with Gasteiger partial charge in [0.25, 0.3) is 0 Å². The molecule has 0 saturated heterocycles. The zero-order chi connectivity index (χ0) is 21.6. The van der Waals surface area contributed by atoms with Crippen molar-refractivity contribution in [2.75, 3.05) is 11.9 Å². The first kappa shape index (κ1) is 28.4. The minimum Gasteiger partial charge on any atom is -0.462 e. The molecular formula is C24H45BrO4. The molecule has 0 N–H and O–H groups in total. The lowest BCUT2D eigenvalue weighted by atomic mass is 10.1. The van der Waals surface area contributed by atoms with Gasteiger partial charge in [0, 0.05) is 18.2 Å². The Kier molecular flexibility index (Phi) is 21.7. The van der Waals surface area contributed by atoms with Gasteiger partial charge in [0.15, 0.2) is 0 Å². The third-order valence-electron chi connectivity index (χ3n) is 5.13. The van der Waals surface area contributed by atoms with Gasteiger partial charge in [-0.2, -0.15) is 0 Å². The molecule has 0 aliphatic heterocycles. The van der Waals surface area contributed by atoms with Crippen molar-refractivity contribution < 1.29 is 19.1 Å². The van der Waals surface area contributed by atoms with E-state index >= 15 is 0 Å². The van der Waals surface area contributed by atoms with E-state index in [0.29, 0.717) is 19.3 Å². The third-order valence-corrected chi connectivity index (χ3v) is 5.59. The van der Waals surface area contributed by atoms with Crippen LogP contribution in [0.2, 0.25) is 0 Å². The fraction of sp³-hybridized carbons (Fsp3) is 0.917. The predicted octanol–water partition coefficient (Wildman–Crippen LogP) is 7.51. The predicted molar refractivity (Wildman–Crippen MR) is 124 cm³/mol. The van der Waals surface area contributed by atoms with Crippen molar-refractivity contribution in [3.8, 4) is 0 Å². The van der Waals surface area contributed by atoms with Gasteiger partial charge in [-0.25, -0.2) is 0 Å². The summed E-state index contributed by atoms with van der Waals surface area (Å²) in [6, 6.07) is 0. The van der Waals surface area contributed by atoms with E-state index in [1.165, 1.54) is 64.2 Å². The Labute approximate surface area is 188 Å². The summed E-state index contributed by atoms with van der Waals surface area (Å²) >= 11 is 3.39. The minimum absolute atomic E-state index is 0.170. The highest BCUT2D eigenvalue weighted by molar-refractivity contribution is 9.09. The Hall–Kier alpha value is -0.580. The van der Waals surface area contributed by atoms with E-state index < -0.39 is 0 Å². The number of hydrogen-bond acceptors (Lipinski definition) is 4. The third kappa shape index (κ3) is 20.5. The smallest absolute Gasteiger partial charge is 0.306 e. The fourth-order valence-electron chi connectivity index (χ4n) is 3.25. The highest BCUT2D eigenvalue weighted by Crippen LogP contribution is 2.12. The number of rotatable bonds is 21. The molecule has 0 rings (SSSR count). The Morgan fingerprint density at radius 2 is 1.14 bits per heavy atom. The van der Waals surface area contributed by atoms with Crippen LogP contribution in [0.1, 0.15) is 123 Å². The largest absolute Gasteiger partial charge is 0.462 e. The van der Waals surface area contributed by atoms with Crippen LogP contribution in [0.5, 0.6) is 0 Å². The standard InChI is InChI=1S/C24H45BrO4/c1-3-5-7-9-11-13-15-17-23(26)28-21-22(19-20-25)29-24(27)18-16-14-12-10-8-6-4-2/h22H,3-21H2,1-2H3. The lowest BCUT2D eigenvalue weighted by molar-refractivity contribution is -0.159. The fourth-order valence-corrected chi connectivity index (χ4v) is 3.76. The first-order valence-electron chi connectivity index (χ1n) is 12.0. The number of unbranched alkanes of at least 4 members (excludes halogenated alkanes) is 12. The SMILES string of the molecule is CCCCCCCCCC(=O)OCC(CCBr)OC(=O)CCCCCCCCC. The first-order chi connectivity index (χ1) is 14.1. The molecule has 0 amide bonds. The summed E-state index contributed by atoms with van der Waals surface area (Å²) in [5, 5.41) is 0.720. The number of alkyl halides is 1. The van der Waals surface area contributed by atoms with Crippen LogP contribution in [0.25, 0.3) is 0 Å². The highest BCUT2D eigenvalue weighted by Gasteiger charge is 2.16. The molecule has 1 unspecified atom stereocenters. The van der Waals surface area contributed by atoms with Gasteiger partial charge in [-0.05, 0) is 19.3 Å². The minimum atomic E-state index is -0.343. The molecular weight excluding hydrogens is 432 g/mol. The van der Waals surface area contributed by atoms with Gasteiger partial charge < -0.3 is 9.47 Å². The van der Waals surface area contributed by atoms with Gasteiger partial charge >= 0.3 is 11.9 Å². The molecule has 0 heterocycles. The number of carbonyl (C=O) groups excluding carboxylic acids is 2. The van der Waals surface area contributed by atoms with Gasteiger partial charge in [-0.1, -0.05) is 107 Å². The van der Waals surface area contributed by atoms with Crippen molar-refractivity contribution in [2.24, 2.45) is 0 Å². The molecule has 4 nitrogen and oxygen atoms in total. The summed E-state index contributed by atoms with van der Waals surface area (Å²) in [6.07, 6.45) is 17.7. The Morgan fingerprint density at radius 3 is 1.62 bits per heavy atom. The van der Waals surface area contributed by atoms with Gasteiger partial charge in [-0.3, -0.25) is 9.59 Å². The first-order valence-corrected chi connectivity index (χ1v) is 13.2. The second-order valence-corrected chi connectivity index (χ2v) is 8.81. The molecule has 1 atom stereocenters. The summed E-state index contributed by atoms with van der Waals surface area (Å²) < 4.78 is 10.9. The molecule has 0 aliphatic carbocycles. The Bertz CT molecular complexity index is 387. The van der Waals surface area contributed by atoms with Crippen LogP contribution in [-0.2, 0) is 19.1 Å². The molecule has 5 heteroatoms. The summed E-state index contributed by atoms with van der Waals surface area (Å²) in [5.74, 6) is -0.353. The van der Waals surface area contributed by atoms with E-state index in [1.807, 2.05) is 0 Å². The van der Waals surface area contributed by atoms with E-state index in [4.69, 9.17) is 9.47 Å². The van der Waals surface area contributed by atoms with E-state index in [1.54, 1.807) is 0 Å². The van der Waals surface area contributed by atoms with Crippen LogP contribution < -0.4 is 0 Å². The topological polar surface area (TPSA) is 52.6 Å². The molecule has 0 bridgehead atoms. The van der Waals surface area contributed by atoms with Crippen molar-refractivity contribution >= 4 is 27.9 Å². The summed E-state index contributed by atoms with van der Waals surface area (Å²) in [4.78, 5) is 24.0. The molecule has 0 radical (unpaired) electrons. The molecule has 0 fully saturated rings. The van der Waals surface area contributed by atoms with Crippen molar-refractivity contribution in [1.29, 1.82) is 0 Å². The van der Waals surface area contributed by atoms with Gasteiger partial charge in [0.1, 0.15) is 12.7 Å². The monoisotopic (exact) mass is 476 g/mol. The van der Waals surface area contributed by atoms with Crippen LogP contribution in [0.3, 0.4) is 0 Å². The molecule has 0 aliphatic rings. The second kappa shape index (κ2) is 22.1. The van der Waals surface area contributed by atoms with E-state index in [-0.39, 0.29) is 24.6 Å². The van der Waals surface area contributed by atoms with Crippen LogP contribution in [-0.4, -0.2) is 30.0 Å². The lowest BCUT2D eigenvalue weighted by Crippen LogP contribution is -2.25. The summed E-state index contributed by atoms with van der Waals surface area (Å²) in [6.45, 7) is 4.60. The van der Waals surface area contributed by atoms with Gasteiger partial charge in [0.2, 0.25) is 0 Å². The average molecular weight is 478 g/mol. The van der Waals surface area contributed by atoms with Crippen molar-refractivity contribution in [1.82, 2.24) is 0 Å². The summed E-state index contributed by atoms with van der Waals surface area (Å²) in [5.41, 5.74) is 0. The number of esters is 2. The van der Waals surface area contributed by atoms with Crippen molar-refractivity contribution in [2.45, 2.75) is 129 Å². The maximum atomic E-state index is 12.0.